The minimum absolute atomic E-state index is 0.799. The fourth-order valence-electron chi connectivity index (χ4n) is 0.389. The third-order valence-corrected chi connectivity index (χ3v) is 0.737. The second kappa shape index (κ2) is 5.12. The molecule has 0 aromatic heterocycles. The molecule has 0 rings (SSSR count). The topological polar surface area (TPSA) is 21.3 Å². The summed E-state index contributed by atoms with van der Waals surface area (Å²) in [7, 11) is 1.54. The van der Waals surface area contributed by atoms with Crippen molar-refractivity contribution in [2.75, 3.05) is 7.11 Å². The zero-order chi connectivity index (χ0) is 7.11. The van der Waals surface area contributed by atoms with Gasteiger partial charge in [0, 0.05) is 0 Å². The van der Waals surface area contributed by atoms with E-state index < -0.39 is 0 Å². The molecule has 1 N–H and O–H groups in total. The molecule has 0 saturated carbocycles. The molecule has 0 atom stereocenters. The molecule has 2 nitrogen and oxygen atoms in total. The molecule has 2 heteroatoms. The molecule has 0 saturated heterocycles. The molecule has 50 valence electrons. The molecular weight excluding hydrogens is 114 g/mol. The number of rotatable bonds is 4. The van der Waals surface area contributed by atoms with E-state index in [0.717, 1.165) is 5.70 Å². The molecule has 0 spiro atoms. The highest BCUT2D eigenvalue weighted by atomic mass is 16.6. The van der Waals surface area contributed by atoms with Gasteiger partial charge in [-0.05, 0) is 12.2 Å². The van der Waals surface area contributed by atoms with Crippen molar-refractivity contribution in [2.24, 2.45) is 0 Å². The van der Waals surface area contributed by atoms with Gasteiger partial charge in [-0.15, -0.1) is 0 Å². The average molecular weight is 125 g/mol. The summed E-state index contributed by atoms with van der Waals surface area (Å²) in [5.74, 6) is 0. The predicted molar refractivity (Wildman–Crippen MR) is 38.6 cm³/mol. The fourth-order valence-corrected chi connectivity index (χ4v) is 0.389. The summed E-state index contributed by atoms with van der Waals surface area (Å²) in [6.45, 7) is 7.05. The van der Waals surface area contributed by atoms with Crippen molar-refractivity contribution in [2.45, 2.75) is 0 Å². The van der Waals surface area contributed by atoms with Crippen LogP contribution in [-0.2, 0) is 4.84 Å². The fraction of sp³-hybridized carbons (Fsp3) is 0.143. The van der Waals surface area contributed by atoms with Gasteiger partial charge in [-0.1, -0.05) is 19.2 Å². The lowest BCUT2D eigenvalue weighted by atomic mass is 10.4. The van der Waals surface area contributed by atoms with Crippen molar-refractivity contribution >= 4 is 0 Å². The van der Waals surface area contributed by atoms with Crippen LogP contribution >= 0.6 is 0 Å². The van der Waals surface area contributed by atoms with Gasteiger partial charge in [0.25, 0.3) is 0 Å². The first-order chi connectivity index (χ1) is 4.35. The standard InChI is InChI=1S/C7H11NO/c1-4-6-7(5-2)8-9-3/h4-6,8H,1-2H2,3H3/b7-6+. The lowest BCUT2D eigenvalue weighted by Gasteiger charge is -1.99. The molecule has 0 aromatic rings. The van der Waals surface area contributed by atoms with E-state index in [1.807, 2.05) is 0 Å². The first-order valence-corrected chi connectivity index (χ1v) is 2.59. The Hall–Kier alpha value is -1.02. The van der Waals surface area contributed by atoms with Crippen LogP contribution in [0.5, 0.6) is 0 Å². The van der Waals surface area contributed by atoms with Crippen molar-refractivity contribution in [3.63, 3.8) is 0 Å². The highest BCUT2D eigenvalue weighted by molar-refractivity contribution is 5.17. The maximum Gasteiger partial charge on any atom is 0.0636 e. The molecule has 0 aliphatic heterocycles. The average Bonchev–Trinajstić information content (AvgIpc) is 1.88. The molecule has 0 fully saturated rings. The number of hydroxylamine groups is 1. The van der Waals surface area contributed by atoms with Crippen molar-refractivity contribution in [3.8, 4) is 0 Å². The Morgan fingerprint density at radius 1 is 1.56 bits per heavy atom. The van der Waals surface area contributed by atoms with Crippen LogP contribution in [0.25, 0.3) is 0 Å². The minimum atomic E-state index is 0.799. The van der Waals surface area contributed by atoms with E-state index in [1.165, 1.54) is 0 Å². The highest BCUT2D eigenvalue weighted by Gasteiger charge is 1.81. The van der Waals surface area contributed by atoms with Crippen LogP contribution in [0.1, 0.15) is 0 Å². The number of hydrogen-bond donors (Lipinski definition) is 1. The molecule has 0 radical (unpaired) electrons. The smallest absolute Gasteiger partial charge is 0.0636 e. The van der Waals surface area contributed by atoms with E-state index in [2.05, 4.69) is 23.5 Å². The van der Waals surface area contributed by atoms with Gasteiger partial charge in [0.05, 0.1) is 12.8 Å². The molecule has 0 amide bonds. The Balaban J connectivity index is 3.80. The van der Waals surface area contributed by atoms with E-state index in [4.69, 9.17) is 0 Å². The summed E-state index contributed by atoms with van der Waals surface area (Å²) in [4.78, 5) is 4.61. The maximum atomic E-state index is 4.61. The van der Waals surface area contributed by atoms with Gasteiger partial charge in [-0.25, -0.2) is 0 Å². The van der Waals surface area contributed by atoms with Gasteiger partial charge in [0.1, 0.15) is 0 Å². The van der Waals surface area contributed by atoms with Crippen LogP contribution in [0, 0.1) is 0 Å². The second-order valence-corrected chi connectivity index (χ2v) is 1.37. The number of hydrogen-bond acceptors (Lipinski definition) is 2. The normalized spacial score (nSPS) is 10.6. The first kappa shape index (κ1) is 7.98. The Kier molecular flexibility index (Phi) is 4.54. The summed E-state index contributed by atoms with van der Waals surface area (Å²) in [5.41, 5.74) is 3.40. The van der Waals surface area contributed by atoms with Crippen molar-refractivity contribution in [1.29, 1.82) is 0 Å². The van der Waals surface area contributed by atoms with E-state index in [-0.39, 0.29) is 0 Å². The van der Waals surface area contributed by atoms with Crippen molar-refractivity contribution < 1.29 is 4.84 Å². The molecule has 0 heterocycles. The minimum Gasteiger partial charge on any atom is -0.279 e. The number of allylic oxidation sites excluding steroid dienone is 3. The third-order valence-electron chi connectivity index (χ3n) is 0.737. The Morgan fingerprint density at radius 2 is 2.22 bits per heavy atom. The Labute approximate surface area is 55.5 Å². The van der Waals surface area contributed by atoms with Crippen molar-refractivity contribution in [1.82, 2.24) is 5.48 Å². The highest BCUT2D eigenvalue weighted by Crippen LogP contribution is 1.88. The molecule has 0 unspecified atom stereocenters. The molecule has 0 aromatic carbocycles. The van der Waals surface area contributed by atoms with Crippen LogP contribution in [0.15, 0.2) is 37.1 Å². The monoisotopic (exact) mass is 125 g/mol. The lowest BCUT2D eigenvalue weighted by Crippen LogP contribution is -2.08. The van der Waals surface area contributed by atoms with Gasteiger partial charge in [0.15, 0.2) is 0 Å². The summed E-state index contributed by atoms with van der Waals surface area (Å²) in [6, 6.07) is 0. The lowest BCUT2D eigenvalue weighted by molar-refractivity contribution is 0.121. The van der Waals surface area contributed by atoms with Gasteiger partial charge in [-0.2, -0.15) is 0 Å². The molecular formula is C7H11NO. The summed E-state index contributed by atoms with van der Waals surface area (Å²) in [5, 5.41) is 0. The predicted octanol–water partition coefficient (Wildman–Crippen LogP) is 1.39. The summed E-state index contributed by atoms with van der Waals surface area (Å²) in [6.07, 6.45) is 5.06. The molecule has 0 aliphatic rings. The van der Waals surface area contributed by atoms with Gasteiger partial charge < -0.3 is 0 Å². The van der Waals surface area contributed by atoms with Crippen LogP contribution in [0.3, 0.4) is 0 Å². The first-order valence-electron chi connectivity index (χ1n) is 2.59. The maximum absolute atomic E-state index is 4.61. The largest absolute Gasteiger partial charge is 0.279 e. The second-order valence-electron chi connectivity index (χ2n) is 1.37. The molecule has 0 bridgehead atoms. The van der Waals surface area contributed by atoms with Crippen LogP contribution in [0.2, 0.25) is 0 Å². The summed E-state index contributed by atoms with van der Waals surface area (Å²) >= 11 is 0. The van der Waals surface area contributed by atoms with E-state index >= 15 is 0 Å². The van der Waals surface area contributed by atoms with E-state index in [9.17, 15) is 0 Å². The Bertz CT molecular complexity index is 127. The molecule has 0 aliphatic carbocycles. The van der Waals surface area contributed by atoms with Gasteiger partial charge in [-0.3, -0.25) is 10.3 Å². The van der Waals surface area contributed by atoms with E-state index in [0.29, 0.717) is 0 Å². The zero-order valence-corrected chi connectivity index (χ0v) is 5.55. The van der Waals surface area contributed by atoms with Crippen LogP contribution in [-0.4, -0.2) is 7.11 Å². The quantitative estimate of drug-likeness (QED) is 0.453. The number of nitrogens with one attached hydrogen (secondary N) is 1. The van der Waals surface area contributed by atoms with E-state index in [1.54, 1.807) is 25.3 Å². The summed E-state index contributed by atoms with van der Waals surface area (Å²) < 4.78 is 0. The Morgan fingerprint density at radius 3 is 2.56 bits per heavy atom. The van der Waals surface area contributed by atoms with Crippen molar-refractivity contribution in [3.05, 3.63) is 37.1 Å². The van der Waals surface area contributed by atoms with Crippen LogP contribution < -0.4 is 5.48 Å². The SMILES string of the molecule is C=C/C=C(\C=C)NOC. The van der Waals surface area contributed by atoms with Gasteiger partial charge >= 0.3 is 0 Å². The van der Waals surface area contributed by atoms with Crippen LogP contribution in [0.4, 0.5) is 0 Å². The van der Waals surface area contributed by atoms with Gasteiger partial charge in [0.2, 0.25) is 0 Å². The third kappa shape index (κ3) is 3.55. The zero-order valence-electron chi connectivity index (χ0n) is 5.55. The molecule has 9 heavy (non-hydrogen) atoms.